The summed E-state index contributed by atoms with van der Waals surface area (Å²) in [6, 6.07) is 0. The minimum Gasteiger partial charge on any atom is -0.356 e. The highest BCUT2D eigenvalue weighted by atomic mass is 16.2. The molecule has 1 aromatic heterocycles. The molecule has 6 nitrogen and oxygen atoms in total. The molecule has 2 N–H and O–H groups in total. The van der Waals surface area contributed by atoms with Crippen molar-refractivity contribution >= 4 is 11.8 Å². The molecule has 2 amide bonds. The Labute approximate surface area is 113 Å². The highest BCUT2D eigenvalue weighted by Gasteiger charge is 2.07. The Hall–Kier alpha value is -1.98. The normalized spacial score (nSPS) is 10.0. The van der Waals surface area contributed by atoms with Gasteiger partial charge in [-0.3, -0.25) is 14.6 Å². The summed E-state index contributed by atoms with van der Waals surface area (Å²) < 4.78 is 0. The van der Waals surface area contributed by atoms with Gasteiger partial charge in [-0.1, -0.05) is 13.3 Å². The van der Waals surface area contributed by atoms with Crippen molar-refractivity contribution in [3.8, 4) is 0 Å². The molecule has 0 saturated heterocycles. The lowest BCUT2D eigenvalue weighted by molar-refractivity contribution is -0.120. The fourth-order valence-corrected chi connectivity index (χ4v) is 1.38. The van der Waals surface area contributed by atoms with Gasteiger partial charge in [0.05, 0.1) is 11.9 Å². The van der Waals surface area contributed by atoms with E-state index in [4.69, 9.17) is 0 Å². The van der Waals surface area contributed by atoms with Crippen LogP contribution < -0.4 is 10.6 Å². The van der Waals surface area contributed by atoms with E-state index in [1.807, 2.05) is 0 Å². The zero-order chi connectivity index (χ0) is 14.1. The van der Waals surface area contributed by atoms with E-state index < -0.39 is 0 Å². The van der Waals surface area contributed by atoms with E-state index in [0.717, 1.165) is 18.5 Å². The van der Waals surface area contributed by atoms with Gasteiger partial charge in [-0.2, -0.15) is 0 Å². The average Bonchev–Trinajstić information content (AvgIpc) is 2.39. The first-order valence-electron chi connectivity index (χ1n) is 6.47. The smallest absolute Gasteiger partial charge is 0.271 e. The number of rotatable bonds is 7. The Bertz CT molecular complexity index is 417. The number of hydrogen-bond donors (Lipinski definition) is 2. The molecular weight excluding hydrogens is 244 g/mol. The highest BCUT2D eigenvalue weighted by molar-refractivity contribution is 5.92. The number of amides is 2. The van der Waals surface area contributed by atoms with Crippen molar-refractivity contribution in [3.63, 3.8) is 0 Å². The number of hydrogen-bond acceptors (Lipinski definition) is 4. The minimum absolute atomic E-state index is 0.0521. The Kier molecular flexibility index (Phi) is 6.49. The third kappa shape index (κ3) is 5.94. The van der Waals surface area contributed by atoms with Crippen molar-refractivity contribution < 1.29 is 9.59 Å². The molecule has 0 radical (unpaired) electrons. The molecule has 6 heteroatoms. The molecule has 104 valence electrons. The van der Waals surface area contributed by atoms with Crippen LogP contribution in [0.4, 0.5) is 0 Å². The zero-order valence-corrected chi connectivity index (χ0v) is 11.4. The summed E-state index contributed by atoms with van der Waals surface area (Å²) in [4.78, 5) is 31.0. The molecule has 0 aromatic carbocycles. The number of unbranched alkanes of at least 4 members (excludes halogenated alkanes) is 1. The van der Waals surface area contributed by atoms with Gasteiger partial charge in [0.25, 0.3) is 5.91 Å². The SMILES string of the molecule is CCCCNC(=O)CCNC(=O)c1cnc(C)cn1. The van der Waals surface area contributed by atoms with E-state index in [9.17, 15) is 9.59 Å². The topological polar surface area (TPSA) is 84.0 Å². The van der Waals surface area contributed by atoms with Crippen molar-refractivity contribution in [2.24, 2.45) is 0 Å². The fourth-order valence-electron chi connectivity index (χ4n) is 1.38. The largest absolute Gasteiger partial charge is 0.356 e. The van der Waals surface area contributed by atoms with Gasteiger partial charge < -0.3 is 10.6 Å². The maximum absolute atomic E-state index is 11.7. The number of nitrogens with zero attached hydrogens (tertiary/aromatic N) is 2. The molecule has 0 atom stereocenters. The monoisotopic (exact) mass is 264 g/mol. The van der Waals surface area contributed by atoms with Crippen molar-refractivity contribution in [1.82, 2.24) is 20.6 Å². The number of nitrogens with one attached hydrogen (secondary N) is 2. The molecule has 1 aromatic rings. The Balaban J connectivity index is 2.23. The van der Waals surface area contributed by atoms with Gasteiger partial charge in [-0.05, 0) is 13.3 Å². The van der Waals surface area contributed by atoms with E-state index in [2.05, 4.69) is 27.5 Å². The van der Waals surface area contributed by atoms with Gasteiger partial charge in [-0.25, -0.2) is 4.98 Å². The van der Waals surface area contributed by atoms with E-state index in [1.54, 1.807) is 6.92 Å². The summed E-state index contributed by atoms with van der Waals surface area (Å²) in [6.07, 6.45) is 5.24. The van der Waals surface area contributed by atoms with E-state index in [-0.39, 0.29) is 23.9 Å². The van der Waals surface area contributed by atoms with E-state index in [0.29, 0.717) is 13.1 Å². The van der Waals surface area contributed by atoms with Crippen LogP contribution in [0.25, 0.3) is 0 Å². The van der Waals surface area contributed by atoms with Gasteiger partial charge in [0, 0.05) is 25.7 Å². The number of aryl methyl sites for hydroxylation is 1. The van der Waals surface area contributed by atoms with Crippen LogP contribution in [-0.4, -0.2) is 34.9 Å². The fraction of sp³-hybridized carbons (Fsp3) is 0.538. The van der Waals surface area contributed by atoms with Crippen molar-refractivity contribution in [3.05, 3.63) is 23.8 Å². The first-order chi connectivity index (χ1) is 9.13. The summed E-state index contributed by atoms with van der Waals surface area (Å²) >= 11 is 0. The van der Waals surface area contributed by atoms with Gasteiger partial charge in [0.1, 0.15) is 5.69 Å². The predicted octanol–water partition coefficient (Wildman–Crippen LogP) is 0.821. The minimum atomic E-state index is -0.311. The second-order valence-electron chi connectivity index (χ2n) is 4.25. The van der Waals surface area contributed by atoms with Gasteiger partial charge in [-0.15, -0.1) is 0 Å². The third-order valence-electron chi connectivity index (χ3n) is 2.50. The van der Waals surface area contributed by atoms with Crippen LogP contribution in [0, 0.1) is 6.92 Å². The number of carbonyl (C=O) groups excluding carboxylic acids is 2. The van der Waals surface area contributed by atoms with Crippen LogP contribution in [0.15, 0.2) is 12.4 Å². The van der Waals surface area contributed by atoms with Crippen LogP contribution in [0.5, 0.6) is 0 Å². The van der Waals surface area contributed by atoms with Crippen molar-refractivity contribution in [2.75, 3.05) is 13.1 Å². The standard InChI is InChI=1S/C13H20N4O2/c1-3-4-6-14-12(18)5-7-15-13(19)11-9-16-10(2)8-17-11/h8-9H,3-7H2,1-2H3,(H,14,18)(H,15,19). The molecule has 0 aliphatic rings. The first kappa shape index (κ1) is 15.1. The Morgan fingerprint density at radius 3 is 2.58 bits per heavy atom. The number of carbonyl (C=O) groups is 2. The van der Waals surface area contributed by atoms with Crippen molar-refractivity contribution in [1.29, 1.82) is 0 Å². The van der Waals surface area contributed by atoms with Gasteiger partial charge in [0.15, 0.2) is 0 Å². The highest BCUT2D eigenvalue weighted by Crippen LogP contribution is 1.94. The molecule has 0 bridgehead atoms. The average molecular weight is 264 g/mol. The van der Waals surface area contributed by atoms with Crippen molar-refractivity contribution in [2.45, 2.75) is 33.1 Å². The molecule has 0 aliphatic heterocycles. The molecule has 0 unspecified atom stereocenters. The lowest BCUT2D eigenvalue weighted by atomic mass is 10.3. The van der Waals surface area contributed by atoms with Crippen LogP contribution in [0.3, 0.4) is 0 Å². The maximum Gasteiger partial charge on any atom is 0.271 e. The molecule has 0 fully saturated rings. The second-order valence-corrected chi connectivity index (χ2v) is 4.25. The molecular formula is C13H20N4O2. The molecule has 1 rings (SSSR count). The molecule has 0 saturated carbocycles. The van der Waals surface area contributed by atoms with Crippen LogP contribution >= 0.6 is 0 Å². The second kappa shape index (κ2) is 8.18. The molecule has 19 heavy (non-hydrogen) atoms. The van der Waals surface area contributed by atoms with Crippen LogP contribution in [0.2, 0.25) is 0 Å². The number of aromatic nitrogens is 2. The summed E-state index contributed by atoms with van der Waals surface area (Å²) in [6.45, 7) is 4.85. The van der Waals surface area contributed by atoms with Crippen LogP contribution in [0.1, 0.15) is 42.4 Å². The summed E-state index contributed by atoms with van der Waals surface area (Å²) in [5.41, 5.74) is 1.02. The van der Waals surface area contributed by atoms with E-state index in [1.165, 1.54) is 12.4 Å². The quantitative estimate of drug-likeness (QED) is 0.714. The first-order valence-corrected chi connectivity index (χ1v) is 6.47. The van der Waals surface area contributed by atoms with E-state index >= 15 is 0 Å². The Morgan fingerprint density at radius 2 is 1.95 bits per heavy atom. The zero-order valence-electron chi connectivity index (χ0n) is 11.4. The van der Waals surface area contributed by atoms with Gasteiger partial charge in [0.2, 0.25) is 5.91 Å². The summed E-state index contributed by atoms with van der Waals surface area (Å²) in [5.74, 6) is -0.363. The van der Waals surface area contributed by atoms with Gasteiger partial charge >= 0.3 is 0 Å². The third-order valence-corrected chi connectivity index (χ3v) is 2.50. The van der Waals surface area contributed by atoms with Crippen LogP contribution in [-0.2, 0) is 4.79 Å². The molecule has 0 spiro atoms. The summed E-state index contributed by atoms with van der Waals surface area (Å²) in [5, 5.41) is 5.42. The molecule has 1 heterocycles. The maximum atomic E-state index is 11.7. The summed E-state index contributed by atoms with van der Waals surface area (Å²) in [7, 11) is 0. The lowest BCUT2D eigenvalue weighted by Gasteiger charge is -2.05. The molecule has 0 aliphatic carbocycles. The lowest BCUT2D eigenvalue weighted by Crippen LogP contribution is -2.31. The predicted molar refractivity (Wildman–Crippen MR) is 71.6 cm³/mol. The Morgan fingerprint density at radius 1 is 1.16 bits per heavy atom.